The Kier molecular flexibility index (Phi) is 4.05. The van der Waals surface area contributed by atoms with Crippen molar-refractivity contribution >= 4 is 0 Å². The molecule has 0 spiro atoms. The van der Waals surface area contributed by atoms with E-state index in [-0.39, 0.29) is 6.04 Å². The molecule has 2 aromatic rings. The Labute approximate surface area is 125 Å². The maximum absolute atomic E-state index is 5.68. The van der Waals surface area contributed by atoms with E-state index in [0.717, 1.165) is 37.1 Å². The Balaban J connectivity index is 1.74. The van der Waals surface area contributed by atoms with Crippen molar-refractivity contribution in [2.75, 3.05) is 13.1 Å². The minimum absolute atomic E-state index is 0.208. The summed E-state index contributed by atoms with van der Waals surface area (Å²) in [7, 11) is 0. The molecule has 1 fully saturated rings. The third-order valence-corrected chi connectivity index (χ3v) is 4.35. The van der Waals surface area contributed by atoms with Crippen LogP contribution in [0.2, 0.25) is 0 Å². The van der Waals surface area contributed by atoms with E-state index in [1.165, 1.54) is 12.8 Å². The molecule has 0 bridgehead atoms. The van der Waals surface area contributed by atoms with Gasteiger partial charge in [-0.15, -0.1) is 10.2 Å². The predicted molar refractivity (Wildman–Crippen MR) is 78.9 cm³/mol. The predicted octanol–water partition coefficient (Wildman–Crippen LogP) is 2.54. The minimum Gasteiger partial charge on any atom is -0.444 e. The lowest BCUT2D eigenvalue weighted by atomic mass is 9.96. The Hall–Kier alpha value is -1.69. The summed E-state index contributed by atoms with van der Waals surface area (Å²) in [5, 5.41) is 8.39. The molecule has 1 aliphatic rings. The van der Waals surface area contributed by atoms with Crippen LogP contribution in [-0.2, 0) is 6.54 Å². The Bertz CT molecular complexity index is 590. The van der Waals surface area contributed by atoms with Gasteiger partial charge in [0.05, 0.1) is 12.2 Å². The van der Waals surface area contributed by atoms with Crippen LogP contribution in [-0.4, -0.2) is 37.7 Å². The molecule has 3 rings (SSSR count). The van der Waals surface area contributed by atoms with Crippen molar-refractivity contribution in [2.45, 2.75) is 52.1 Å². The van der Waals surface area contributed by atoms with Crippen LogP contribution in [0, 0.1) is 6.92 Å². The molecule has 6 nitrogen and oxygen atoms in total. The highest BCUT2D eigenvalue weighted by Gasteiger charge is 2.29. The number of nitrogens with zero attached hydrogens (tertiary/aromatic N) is 5. The lowest BCUT2D eigenvalue weighted by molar-refractivity contribution is 0.135. The van der Waals surface area contributed by atoms with Gasteiger partial charge in [0.2, 0.25) is 5.89 Å². The molecule has 0 saturated carbocycles. The molecule has 0 radical (unpaired) electrons. The molecule has 0 amide bonds. The van der Waals surface area contributed by atoms with Crippen LogP contribution in [0.15, 0.2) is 16.9 Å². The van der Waals surface area contributed by atoms with Gasteiger partial charge in [0.15, 0.2) is 0 Å². The molecule has 2 aromatic heterocycles. The first-order valence-corrected chi connectivity index (χ1v) is 7.73. The van der Waals surface area contributed by atoms with Crippen LogP contribution < -0.4 is 0 Å². The molecular formula is C15H23N5O. The lowest BCUT2D eigenvalue weighted by Gasteiger charge is -2.35. The number of oxazole rings is 1. The van der Waals surface area contributed by atoms with Gasteiger partial charge in [0, 0.05) is 19.0 Å². The summed E-state index contributed by atoms with van der Waals surface area (Å²) < 4.78 is 7.83. The van der Waals surface area contributed by atoms with Gasteiger partial charge in [-0.1, -0.05) is 0 Å². The highest BCUT2D eigenvalue weighted by Crippen LogP contribution is 2.30. The zero-order valence-electron chi connectivity index (χ0n) is 13.0. The number of hydrogen-bond donors (Lipinski definition) is 0. The number of aryl methyl sites for hydroxylation is 2. The van der Waals surface area contributed by atoms with Crippen LogP contribution in [0.4, 0.5) is 0 Å². The zero-order chi connectivity index (χ0) is 14.8. The third-order valence-electron chi connectivity index (χ3n) is 4.35. The van der Waals surface area contributed by atoms with Crippen molar-refractivity contribution in [2.24, 2.45) is 0 Å². The number of aromatic nitrogens is 4. The van der Waals surface area contributed by atoms with Gasteiger partial charge >= 0.3 is 0 Å². The zero-order valence-corrected chi connectivity index (χ0v) is 13.0. The van der Waals surface area contributed by atoms with Gasteiger partial charge < -0.3 is 8.98 Å². The fourth-order valence-corrected chi connectivity index (χ4v) is 3.11. The first-order valence-electron chi connectivity index (χ1n) is 7.73. The molecule has 0 aliphatic carbocycles. The van der Waals surface area contributed by atoms with Crippen LogP contribution in [0.5, 0.6) is 0 Å². The first kappa shape index (κ1) is 14.3. The number of hydrogen-bond acceptors (Lipinski definition) is 5. The summed E-state index contributed by atoms with van der Waals surface area (Å²) in [4.78, 5) is 6.81. The summed E-state index contributed by atoms with van der Waals surface area (Å²) >= 11 is 0. The highest BCUT2D eigenvalue weighted by molar-refractivity contribution is 5.02. The summed E-state index contributed by atoms with van der Waals surface area (Å²) in [5.74, 6) is 3.24. The number of piperidine rings is 1. The van der Waals surface area contributed by atoms with Crippen molar-refractivity contribution in [1.82, 2.24) is 24.6 Å². The Morgan fingerprint density at radius 1 is 1.48 bits per heavy atom. The fraction of sp³-hybridized carbons (Fsp3) is 0.667. The van der Waals surface area contributed by atoms with E-state index in [2.05, 4.69) is 38.5 Å². The molecule has 2 atom stereocenters. The maximum Gasteiger partial charge on any atom is 0.211 e. The monoisotopic (exact) mass is 289 g/mol. The standard InChI is InChI=1S/C15H23N5O/c1-4-19-10-17-18-14(19)13-6-5-7-20(9-13)12(3)15-16-8-11(2)21-15/h8,10,12-13H,4-7,9H2,1-3H3. The second-order valence-corrected chi connectivity index (χ2v) is 5.79. The molecule has 2 unspecified atom stereocenters. The minimum atomic E-state index is 0.208. The molecule has 3 heterocycles. The van der Waals surface area contributed by atoms with Crippen molar-refractivity contribution < 1.29 is 4.42 Å². The van der Waals surface area contributed by atoms with Crippen molar-refractivity contribution in [3.05, 3.63) is 30.0 Å². The Morgan fingerprint density at radius 3 is 3.05 bits per heavy atom. The topological polar surface area (TPSA) is 60.0 Å². The van der Waals surface area contributed by atoms with E-state index in [4.69, 9.17) is 4.42 Å². The first-order chi connectivity index (χ1) is 10.2. The molecule has 6 heteroatoms. The van der Waals surface area contributed by atoms with E-state index in [1.54, 1.807) is 6.20 Å². The highest BCUT2D eigenvalue weighted by atomic mass is 16.4. The summed E-state index contributed by atoms with van der Waals surface area (Å²) in [6.07, 6.45) is 5.97. The van der Waals surface area contributed by atoms with E-state index < -0.39 is 0 Å². The molecule has 114 valence electrons. The SMILES string of the molecule is CCn1cnnc1C1CCCN(C(C)c2ncc(C)o2)C1. The second-order valence-electron chi connectivity index (χ2n) is 5.79. The Morgan fingerprint density at radius 2 is 2.33 bits per heavy atom. The average Bonchev–Trinajstić information content (AvgIpc) is 3.15. The maximum atomic E-state index is 5.68. The number of rotatable bonds is 4. The van der Waals surface area contributed by atoms with Gasteiger partial charge in [0.1, 0.15) is 17.9 Å². The second kappa shape index (κ2) is 5.97. The average molecular weight is 289 g/mol. The van der Waals surface area contributed by atoms with E-state index in [9.17, 15) is 0 Å². The van der Waals surface area contributed by atoms with Crippen LogP contribution in [0.3, 0.4) is 0 Å². The van der Waals surface area contributed by atoms with Gasteiger partial charge in [0.25, 0.3) is 0 Å². The third kappa shape index (κ3) is 2.85. The largest absolute Gasteiger partial charge is 0.444 e. The molecule has 1 saturated heterocycles. The summed E-state index contributed by atoms with van der Waals surface area (Å²) in [6.45, 7) is 9.23. The quantitative estimate of drug-likeness (QED) is 0.865. The molecule has 0 aromatic carbocycles. The van der Waals surface area contributed by atoms with Crippen LogP contribution in [0.1, 0.15) is 56.1 Å². The molecule has 1 aliphatic heterocycles. The van der Waals surface area contributed by atoms with E-state index >= 15 is 0 Å². The summed E-state index contributed by atoms with van der Waals surface area (Å²) in [5.41, 5.74) is 0. The van der Waals surface area contributed by atoms with Crippen LogP contribution in [0.25, 0.3) is 0 Å². The van der Waals surface area contributed by atoms with Gasteiger partial charge in [-0.2, -0.15) is 0 Å². The van der Waals surface area contributed by atoms with Gasteiger partial charge in [-0.3, -0.25) is 4.90 Å². The summed E-state index contributed by atoms with van der Waals surface area (Å²) in [6, 6.07) is 0.208. The van der Waals surface area contributed by atoms with Crippen molar-refractivity contribution in [3.63, 3.8) is 0 Å². The molecule has 0 N–H and O–H groups in total. The number of likely N-dealkylation sites (tertiary alicyclic amines) is 1. The molecular weight excluding hydrogens is 266 g/mol. The van der Waals surface area contributed by atoms with Crippen molar-refractivity contribution in [3.8, 4) is 0 Å². The normalized spacial score (nSPS) is 21.6. The van der Waals surface area contributed by atoms with Crippen LogP contribution >= 0.6 is 0 Å². The fourth-order valence-electron chi connectivity index (χ4n) is 3.11. The smallest absolute Gasteiger partial charge is 0.211 e. The molecule has 21 heavy (non-hydrogen) atoms. The van der Waals surface area contributed by atoms with E-state index in [1.807, 2.05) is 13.3 Å². The van der Waals surface area contributed by atoms with E-state index in [0.29, 0.717) is 5.92 Å². The lowest BCUT2D eigenvalue weighted by Crippen LogP contribution is -2.37. The van der Waals surface area contributed by atoms with Crippen molar-refractivity contribution in [1.29, 1.82) is 0 Å². The van der Waals surface area contributed by atoms with Gasteiger partial charge in [-0.25, -0.2) is 4.98 Å². The van der Waals surface area contributed by atoms with Gasteiger partial charge in [-0.05, 0) is 40.2 Å².